The Balaban J connectivity index is 3.19. The fraction of sp³-hybridized carbons (Fsp3) is 0.222. The average molecular weight is 170 g/mol. The lowest BCUT2D eigenvalue weighted by Crippen LogP contribution is -2.16. The number of hydrogen-bond acceptors (Lipinski definition) is 1. The smallest absolute Gasteiger partial charge is 0.296 e. The number of alkyl halides is 2. The van der Waals surface area contributed by atoms with Crippen LogP contribution in [0.15, 0.2) is 24.3 Å². The number of benzene rings is 1. The first-order chi connectivity index (χ1) is 5.58. The lowest BCUT2D eigenvalue weighted by atomic mass is 10.0. The van der Waals surface area contributed by atoms with E-state index in [1.54, 1.807) is 19.1 Å². The van der Waals surface area contributed by atoms with Gasteiger partial charge >= 0.3 is 5.92 Å². The van der Waals surface area contributed by atoms with Crippen molar-refractivity contribution in [3.8, 4) is 0 Å². The van der Waals surface area contributed by atoms with E-state index in [0.29, 0.717) is 5.56 Å². The molecule has 0 spiro atoms. The minimum Gasteiger partial charge on any atom is -0.296 e. The van der Waals surface area contributed by atoms with Gasteiger partial charge in [-0.1, -0.05) is 24.3 Å². The van der Waals surface area contributed by atoms with E-state index in [-0.39, 0.29) is 11.8 Å². The third-order valence-electron chi connectivity index (χ3n) is 1.65. The topological polar surface area (TPSA) is 17.1 Å². The molecule has 1 rings (SSSR count). The summed E-state index contributed by atoms with van der Waals surface area (Å²) in [5, 5.41) is 0. The molecule has 0 atom stereocenters. The first-order valence-electron chi connectivity index (χ1n) is 3.48. The van der Waals surface area contributed by atoms with E-state index < -0.39 is 5.92 Å². The molecule has 0 aliphatic heterocycles. The Kier molecular flexibility index (Phi) is 2.22. The molecule has 64 valence electrons. The van der Waals surface area contributed by atoms with Crippen molar-refractivity contribution in [1.29, 1.82) is 0 Å². The van der Waals surface area contributed by atoms with Crippen LogP contribution >= 0.6 is 0 Å². The molecule has 1 aromatic rings. The molecule has 0 aliphatic carbocycles. The van der Waals surface area contributed by atoms with Crippen molar-refractivity contribution < 1.29 is 13.6 Å². The summed E-state index contributed by atoms with van der Waals surface area (Å²) in [5.41, 5.74) is 0.203. The van der Waals surface area contributed by atoms with Gasteiger partial charge in [0, 0.05) is 5.56 Å². The van der Waals surface area contributed by atoms with Crippen molar-refractivity contribution in [3.05, 3.63) is 35.4 Å². The molecule has 0 amide bonds. The van der Waals surface area contributed by atoms with Crippen LogP contribution in [0, 0.1) is 6.92 Å². The van der Waals surface area contributed by atoms with Gasteiger partial charge in [-0.2, -0.15) is 8.78 Å². The maximum atomic E-state index is 12.8. The minimum atomic E-state index is -3.36. The van der Waals surface area contributed by atoms with Crippen LogP contribution in [0.2, 0.25) is 0 Å². The summed E-state index contributed by atoms with van der Waals surface area (Å²) in [4.78, 5) is 10.0. The fourth-order valence-electron chi connectivity index (χ4n) is 1.01. The molecule has 0 saturated heterocycles. The van der Waals surface area contributed by atoms with Crippen LogP contribution in [-0.4, -0.2) is 6.29 Å². The number of aldehydes is 1. The highest BCUT2D eigenvalue weighted by Gasteiger charge is 2.31. The fourth-order valence-corrected chi connectivity index (χ4v) is 1.01. The van der Waals surface area contributed by atoms with E-state index in [9.17, 15) is 13.6 Å². The summed E-state index contributed by atoms with van der Waals surface area (Å²) in [5.74, 6) is -3.36. The zero-order valence-corrected chi connectivity index (χ0v) is 6.55. The van der Waals surface area contributed by atoms with E-state index in [1.165, 1.54) is 12.1 Å². The maximum Gasteiger partial charge on any atom is 0.327 e. The molecule has 0 unspecified atom stereocenters. The van der Waals surface area contributed by atoms with Gasteiger partial charge in [-0.3, -0.25) is 4.79 Å². The number of carbonyl (C=O) groups is 1. The van der Waals surface area contributed by atoms with E-state index in [2.05, 4.69) is 0 Å². The third kappa shape index (κ3) is 1.49. The van der Waals surface area contributed by atoms with E-state index in [0.717, 1.165) is 0 Å². The molecular formula is C9H8F2O. The van der Waals surface area contributed by atoms with Gasteiger partial charge in [0.1, 0.15) is 0 Å². The minimum absolute atomic E-state index is 0.222. The van der Waals surface area contributed by atoms with Crippen LogP contribution < -0.4 is 0 Å². The largest absolute Gasteiger partial charge is 0.327 e. The summed E-state index contributed by atoms with van der Waals surface area (Å²) in [6.45, 7) is 1.55. The van der Waals surface area contributed by atoms with Gasteiger partial charge in [-0.05, 0) is 12.5 Å². The molecule has 0 heterocycles. The zero-order chi connectivity index (χ0) is 9.19. The predicted octanol–water partition coefficient (Wildman–Crippen LogP) is 2.29. The van der Waals surface area contributed by atoms with Crippen LogP contribution in [-0.2, 0) is 10.7 Å². The quantitative estimate of drug-likeness (QED) is 0.622. The van der Waals surface area contributed by atoms with Gasteiger partial charge in [0.15, 0.2) is 6.29 Å². The van der Waals surface area contributed by atoms with Crippen molar-refractivity contribution in [2.24, 2.45) is 0 Å². The molecule has 0 aliphatic rings. The third-order valence-corrected chi connectivity index (χ3v) is 1.65. The number of hydrogen-bond donors (Lipinski definition) is 0. The van der Waals surface area contributed by atoms with Crippen LogP contribution in [0.25, 0.3) is 0 Å². The Hall–Kier alpha value is -1.25. The highest BCUT2D eigenvalue weighted by Crippen LogP contribution is 2.27. The second-order valence-electron chi connectivity index (χ2n) is 2.56. The van der Waals surface area contributed by atoms with Gasteiger partial charge in [0.2, 0.25) is 0 Å². The molecular weight excluding hydrogens is 162 g/mol. The lowest BCUT2D eigenvalue weighted by molar-refractivity contribution is -0.130. The molecule has 1 nitrogen and oxygen atoms in total. The number of aryl methyl sites for hydroxylation is 1. The summed E-state index contributed by atoms with van der Waals surface area (Å²) in [6, 6.07) is 5.94. The number of halogens is 2. The summed E-state index contributed by atoms with van der Waals surface area (Å²) >= 11 is 0. The Morgan fingerprint density at radius 1 is 1.33 bits per heavy atom. The molecule has 0 N–H and O–H groups in total. The Bertz CT molecular complexity index is 294. The summed E-state index contributed by atoms with van der Waals surface area (Å²) in [7, 11) is 0. The molecule has 0 bridgehead atoms. The van der Waals surface area contributed by atoms with E-state index in [4.69, 9.17) is 0 Å². The summed E-state index contributed by atoms with van der Waals surface area (Å²) in [6.07, 6.45) is -0.338. The Morgan fingerprint density at radius 2 is 1.92 bits per heavy atom. The molecule has 0 fully saturated rings. The first-order valence-corrected chi connectivity index (χ1v) is 3.48. The normalized spacial score (nSPS) is 11.2. The van der Waals surface area contributed by atoms with Crippen LogP contribution in [0.4, 0.5) is 8.78 Å². The highest BCUT2D eigenvalue weighted by atomic mass is 19.3. The number of rotatable bonds is 2. The predicted molar refractivity (Wildman–Crippen MR) is 41.1 cm³/mol. The van der Waals surface area contributed by atoms with Crippen LogP contribution in [0.1, 0.15) is 11.1 Å². The van der Waals surface area contributed by atoms with Gasteiger partial charge in [0.05, 0.1) is 0 Å². The standard InChI is InChI=1S/C9H8F2O/c1-7-4-2-3-5-8(7)9(10,11)6-12/h2-6H,1H3. The number of carbonyl (C=O) groups excluding carboxylic acids is 1. The monoisotopic (exact) mass is 170 g/mol. The second kappa shape index (κ2) is 3.01. The van der Waals surface area contributed by atoms with E-state index in [1.807, 2.05) is 0 Å². The van der Waals surface area contributed by atoms with Crippen LogP contribution in [0.5, 0.6) is 0 Å². The van der Waals surface area contributed by atoms with Crippen molar-refractivity contribution in [1.82, 2.24) is 0 Å². The first kappa shape index (κ1) is 8.84. The second-order valence-corrected chi connectivity index (χ2v) is 2.56. The van der Waals surface area contributed by atoms with Crippen molar-refractivity contribution in [3.63, 3.8) is 0 Å². The molecule has 0 saturated carbocycles. The van der Waals surface area contributed by atoms with Crippen molar-refractivity contribution in [2.75, 3.05) is 0 Å². The van der Waals surface area contributed by atoms with Crippen LogP contribution in [0.3, 0.4) is 0 Å². The lowest BCUT2D eigenvalue weighted by Gasteiger charge is -2.11. The van der Waals surface area contributed by atoms with Gasteiger partial charge in [-0.15, -0.1) is 0 Å². The molecule has 1 aromatic carbocycles. The Labute approximate surface area is 69.0 Å². The average Bonchev–Trinajstić information content (AvgIpc) is 2.05. The van der Waals surface area contributed by atoms with Gasteiger partial charge < -0.3 is 0 Å². The molecule has 12 heavy (non-hydrogen) atoms. The molecule has 3 heteroatoms. The highest BCUT2D eigenvalue weighted by molar-refractivity contribution is 5.64. The van der Waals surface area contributed by atoms with Crippen molar-refractivity contribution in [2.45, 2.75) is 12.8 Å². The van der Waals surface area contributed by atoms with Gasteiger partial charge in [0.25, 0.3) is 0 Å². The molecule has 0 radical (unpaired) electrons. The van der Waals surface area contributed by atoms with Crippen molar-refractivity contribution >= 4 is 6.29 Å². The van der Waals surface area contributed by atoms with Gasteiger partial charge in [-0.25, -0.2) is 0 Å². The van der Waals surface area contributed by atoms with E-state index >= 15 is 0 Å². The zero-order valence-electron chi connectivity index (χ0n) is 6.55. The Morgan fingerprint density at radius 3 is 2.42 bits per heavy atom. The maximum absolute atomic E-state index is 12.8. The summed E-state index contributed by atoms with van der Waals surface area (Å²) < 4.78 is 25.6. The molecule has 0 aromatic heterocycles. The SMILES string of the molecule is Cc1ccccc1C(F)(F)C=O.